The Morgan fingerprint density at radius 3 is 2.79 bits per heavy atom. The lowest BCUT2D eigenvalue weighted by molar-refractivity contribution is 0.404. The quantitative estimate of drug-likeness (QED) is 0.759. The van der Waals surface area contributed by atoms with Gasteiger partial charge >= 0.3 is 0 Å². The van der Waals surface area contributed by atoms with Crippen LogP contribution in [0, 0.1) is 0 Å². The van der Waals surface area contributed by atoms with E-state index in [1.165, 1.54) is 10.5 Å². The van der Waals surface area contributed by atoms with Crippen molar-refractivity contribution in [1.29, 1.82) is 0 Å². The Morgan fingerprint density at radius 1 is 1.43 bits per heavy atom. The summed E-state index contributed by atoms with van der Waals surface area (Å²) in [4.78, 5) is 1.20. The van der Waals surface area contributed by atoms with Crippen LogP contribution in [0.4, 0.5) is 0 Å². The third-order valence-corrected chi connectivity index (χ3v) is 2.88. The van der Waals surface area contributed by atoms with Crippen LogP contribution >= 0.6 is 11.8 Å². The molecule has 1 rings (SSSR count). The lowest BCUT2D eigenvalue weighted by atomic mass is 10.1. The minimum Gasteiger partial charge on any atom is -0.496 e. The average molecular weight is 211 g/mol. The highest BCUT2D eigenvalue weighted by Gasteiger charge is 2.02. The first-order chi connectivity index (χ1) is 6.81. The number of hydrogen-bond acceptors (Lipinski definition) is 3. The lowest BCUT2D eigenvalue weighted by Crippen LogP contribution is -2.00. The third-order valence-electron chi connectivity index (χ3n) is 2.12. The molecule has 2 N–H and O–H groups in total. The van der Waals surface area contributed by atoms with Gasteiger partial charge in [-0.3, -0.25) is 0 Å². The molecule has 78 valence electrons. The molecule has 0 radical (unpaired) electrons. The highest BCUT2D eigenvalue weighted by Crippen LogP contribution is 2.28. The minimum atomic E-state index is 0.751. The maximum absolute atomic E-state index is 5.47. The highest BCUT2D eigenvalue weighted by atomic mass is 32.2. The molecule has 0 aromatic heterocycles. The summed E-state index contributed by atoms with van der Waals surface area (Å²) in [5, 5.41) is 0. The number of aryl methyl sites for hydroxylation is 1. The first kappa shape index (κ1) is 11.4. The van der Waals surface area contributed by atoms with Crippen LogP contribution in [-0.4, -0.2) is 19.9 Å². The zero-order chi connectivity index (χ0) is 10.4. The fourth-order valence-corrected chi connectivity index (χ4v) is 1.96. The molecule has 0 saturated carbocycles. The first-order valence-electron chi connectivity index (χ1n) is 4.72. The second-order valence-electron chi connectivity index (χ2n) is 3.08. The van der Waals surface area contributed by atoms with Crippen molar-refractivity contribution >= 4 is 11.8 Å². The van der Waals surface area contributed by atoms with Crippen molar-refractivity contribution in [3.63, 3.8) is 0 Å². The van der Waals surface area contributed by atoms with E-state index in [-0.39, 0.29) is 0 Å². The topological polar surface area (TPSA) is 35.2 Å². The van der Waals surface area contributed by atoms with Crippen molar-refractivity contribution < 1.29 is 4.74 Å². The Hall–Kier alpha value is -0.670. The summed E-state index contributed by atoms with van der Waals surface area (Å²) in [5.74, 6) is 0.953. The van der Waals surface area contributed by atoms with E-state index in [0.717, 1.165) is 25.1 Å². The molecule has 0 heterocycles. The standard InChI is InChI=1S/C11H17NOS/c1-13-10-6-5-9(4-3-7-12)8-11(10)14-2/h5-6,8H,3-4,7,12H2,1-2H3. The molecule has 0 fully saturated rings. The van der Waals surface area contributed by atoms with Crippen LogP contribution in [0.2, 0.25) is 0 Å². The van der Waals surface area contributed by atoms with Crippen molar-refractivity contribution in [3.8, 4) is 5.75 Å². The number of thioether (sulfide) groups is 1. The van der Waals surface area contributed by atoms with Crippen molar-refractivity contribution in [1.82, 2.24) is 0 Å². The first-order valence-corrected chi connectivity index (χ1v) is 5.95. The number of methoxy groups -OCH3 is 1. The number of rotatable bonds is 5. The smallest absolute Gasteiger partial charge is 0.132 e. The average Bonchev–Trinajstić information content (AvgIpc) is 2.25. The van der Waals surface area contributed by atoms with Gasteiger partial charge in [0.25, 0.3) is 0 Å². The van der Waals surface area contributed by atoms with E-state index < -0.39 is 0 Å². The Bertz CT molecular complexity index is 289. The molecule has 0 spiro atoms. The van der Waals surface area contributed by atoms with Crippen molar-refractivity contribution in [2.24, 2.45) is 5.73 Å². The van der Waals surface area contributed by atoms with Crippen molar-refractivity contribution in [3.05, 3.63) is 23.8 Å². The fraction of sp³-hybridized carbons (Fsp3) is 0.455. The van der Waals surface area contributed by atoms with Gasteiger partial charge in [-0.2, -0.15) is 0 Å². The summed E-state index contributed by atoms with van der Waals surface area (Å²) in [5.41, 5.74) is 6.81. The van der Waals surface area contributed by atoms with Crippen LogP contribution in [-0.2, 0) is 6.42 Å². The molecule has 0 unspecified atom stereocenters. The van der Waals surface area contributed by atoms with Crippen LogP contribution in [0.25, 0.3) is 0 Å². The van der Waals surface area contributed by atoms with Crippen molar-refractivity contribution in [2.45, 2.75) is 17.7 Å². The van der Waals surface area contributed by atoms with E-state index in [0.29, 0.717) is 0 Å². The number of hydrogen-bond donors (Lipinski definition) is 1. The van der Waals surface area contributed by atoms with E-state index in [1.807, 2.05) is 6.07 Å². The van der Waals surface area contributed by atoms with Crippen molar-refractivity contribution in [2.75, 3.05) is 19.9 Å². The predicted octanol–water partition coefficient (Wildman–Crippen LogP) is 2.31. The number of benzene rings is 1. The van der Waals surface area contributed by atoms with E-state index in [1.54, 1.807) is 18.9 Å². The van der Waals surface area contributed by atoms with Gasteiger partial charge in [0.05, 0.1) is 7.11 Å². The zero-order valence-corrected chi connectivity index (χ0v) is 9.56. The zero-order valence-electron chi connectivity index (χ0n) is 8.75. The van der Waals surface area contributed by atoms with E-state index in [4.69, 9.17) is 10.5 Å². The summed E-state index contributed by atoms with van der Waals surface area (Å²) in [6.07, 6.45) is 4.15. The van der Waals surface area contributed by atoms with Gasteiger partial charge in [0, 0.05) is 4.90 Å². The van der Waals surface area contributed by atoms with Gasteiger partial charge in [0.1, 0.15) is 5.75 Å². The van der Waals surface area contributed by atoms with Crippen LogP contribution < -0.4 is 10.5 Å². The van der Waals surface area contributed by atoms with E-state index in [9.17, 15) is 0 Å². The highest BCUT2D eigenvalue weighted by molar-refractivity contribution is 7.98. The molecule has 3 heteroatoms. The molecule has 0 amide bonds. The Morgan fingerprint density at radius 2 is 2.21 bits per heavy atom. The predicted molar refractivity (Wildman–Crippen MR) is 62.2 cm³/mol. The normalized spacial score (nSPS) is 10.2. The molecule has 1 aromatic rings. The van der Waals surface area contributed by atoms with Gasteiger partial charge in [-0.15, -0.1) is 11.8 Å². The number of ether oxygens (including phenoxy) is 1. The summed E-state index contributed by atoms with van der Waals surface area (Å²) >= 11 is 1.71. The molecule has 14 heavy (non-hydrogen) atoms. The summed E-state index contributed by atoms with van der Waals surface area (Å²) in [7, 11) is 1.70. The fourth-order valence-electron chi connectivity index (χ4n) is 1.34. The Balaban J connectivity index is 2.79. The summed E-state index contributed by atoms with van der Waals surface area (Å²) in [6.45, 7) is 0.751. The minimum absolute atomic E-state index is 0.751. The van der Waals surface area contributed by atoms with Crippen LogP contribution in [0.5, 0.6) is 5.75 Å². The van der Waals surface area contributed by atoms with Gasteiger partial charge < -0.3 is 10.5 Å². The van der Waals surface area contributed by atoms with Crippen LogP contribution in [0.15, 0.2) is 23.1 Å². The van der Waals surface area contributed by atoms with E-state index in [2.05, 4.69) is 18.4 Å². The Kier molecular flexibility index (Phi) is 4.84. The molecule has 0 aliphatic heterocycles. The second-order valence-corrected chi connectivity index (χ2v) is 3.93. The monoisotopic (exact) mass is 211 g/mol. The molecular formula is C11H17NOS. The molecule has 0 aliphatic rings. The van der Waals surface area contributed by atoms with Gasteiger partial charge in [-0.25, -0.2) is 0 Å². The summed E-state index contributed by atoms with van der Waals surface area (Å²) in [6, 6.07) is 6.31. The molecule has 1 aromatic carbocycles. The van der Waals surface area contributed by atoms with E-state index >= 15 is 0 Å². The third kappa shape index (κ3) is 2.93. The SMILES string of the molecule is COc1ccc(CCCN)cc1SC. The van der Waals surface area contributed by atoms with Gasteiger partial charge in [0.15, 0.2) is 0 Å². The van der Waals surface area contributed by atoms with Gasteiger partial charge in [-0.05, 0) is 43.3 Å². The second kappa shape index (κ2) is 5.94. The Labute approximate surface area is 89.8 Å². The maximum Gasteiger partial charge on any atom is 0.132 e. The lowest BCUT2D eigenvalue weighted by Gasteiger charge is -2.08. The van der Waals surface area contributed by atoms with Gasteiger partial charge in [0.2, 0.25) is 0 Å². The maximum atomic E-state index is 5.47. The van der Waals surface area contributed by atoms with Gasteiger partial charge in [-0.1, -0.05) is 6.07 Å². The molecule has 0 atom stereocenters. The summed E-state index contributed by atoms with van der Waals surface area (Å²) < 4.78 is 5.25. The molecule has 0 aliphatic carbocycles. The largest absolute Gasteiger partial charge is 0.496 e. The number of nitrogens with two attached hydrogens (primary N) is 1. The van der Waals surface area contributed by atoms with Crippen LogP contribution in [0.3, 0.4) is 0 Å². The van der Waals surface area contributed by atoms with Crippen LogP contribution in [0.1, 0.15) is 12.0 Å². The molecule has 0 saturated heterocycles. The molecule has 0 bridgehead atoms. The molecular weight excluding hydrogens is 194 g/mol. The molecule has 2 nitrogen and oxygen atoms in total.